The fraction of sp³-hybridized carbons (Fsp3) is 1.00. The summed E-state index contributed by atoms with van der Waals surface area (Å²) in [6.45, 7) is 0.312. The average molecular weight is 341 g/mol. The van der Waals surface area contributed by atoms with Crippen LogP contribution in [0.2, 0.25) is 0 Å². The number of aliphatic hydroxyl groups is 2. The van der Waals surface area contributed by atoms with E-state index < -0.39 is 0 Å². The summed E-state index contributed by atoms with van der Waals surface area (Å²) in [5, 5.41) is 19.6. The third-order valence-corrected chi connectivity index (χ3v) is 6.09. The van der Waals surface area contributed by atoms with Gasteiger partial charge in [0.1, 0.15) is 0 Å². The molecule has 0 saturated heterocycles. The summed E-state index contributed by atoms with van der Waals surface area (Å²) in [7, 11) is 0. The zero-order chi connectivity index (χ0) is 17.3. The summed E-state index contributed by atoms with van der Waals surface area (Å²) in [6, 6.07) is 0. The maximum Gasteiger partial charge on any atom is 0.0509 e. The molecule has 0 atom stereocenters. The maximum atomic E-state index is 9.80. The van der Waals surface area contributed by atoms with Crippen LogP contribution in [0.3, 0.4) is 0 Å². The second-order valence-electron chi connectivity index (χ2n) is 8.33. The van der Waals surface area contributed by atoms with Gasteiger partial charge >= 0.3 is 0 Å². The first-order valence-electron chi connectivity index (χ1n) is 11.0. The Labute approximate surface area is 151 Å². The Bertz CT molecular complexity index is 239. The molecule has 0 aromatic rings. The molecule has 0 heterocycles. The molecule has 24 heavy (non-hydrogen) atoms. The molecule has 0 aliphatic heterocycles. The second kappa shape index (κ2) is 15.2. The van der Waals surface area contributed by atoms with Crippen LogP contribution in [0.1, 0.15) is 122 Å². The van der Waals surface area contributed by atoms with Crippen molar-refractivity contribution in [1.29, 1.82) is 0 Å². The maximum absolute atomic E-state index is 9.80. The zero-order valence-corrected chi connectivity index (χ0v) is 16.2. The molecule has 0 aromatic carbocycles. The van der Waals surface area contributed by atoms with E-state index in [1.54, 1.807) is 0 Å². The van der Waals surface area contributed by atoms with Gasteiger partial charge in [-0.25, -0.2) is 0 Å². The van der Waals surface area contributed by atoms with Crippen LogP contribution in [0, 0.1) is 5.41 Å². The van der Waals surface area contributed by atoms with Crippen LogP contribution in [-0.2, 0) is 0 Å². The highest BCUT2D eigenvalue weighted by atomic mass is 16.3. The topological polar surface area (TPSA) is 40.5 Å². The normalized spacial score (nSPS) is 24.2. The van der Waals surface area contributed by atoms with Crippen molar-refractivity contribution in [2.24, 2.45) is 5.41 Å². The summed E-state index contributed by atoms with van der Waals surface area (Å²) in [6.07, 6.45) is 25.1. The largest absolute Gasteiger partial charge is 0.396 e. The Kier molecular flexibility index (Phi) is 13.9. The van der Waals surface area contributed by atoms with Crippen molar-refractivity contribution in [3.63, 3.8) is 0 Å². The third-order valence-electron chi connectivity index (χ3n) is 6.09. The number of hydrogen-bond donors (Lipinski definition) is 2. The Morgan fingerprint density at radius 2 is 0.583 bits per heavy atom. The molecule has 144 valence electrons. The first-order valence-corrected chi connectivity index (χ1v) is 11.0. The lowest BCUT2D eigenvalue weighted by Crippen LogP contribution is -2.29. The standard InChI is InChI=1S/C22H44O2/c23-20-22(21-24)18-16-14-12-10-8-6-4-2-1-3-5-7-9-11-13-15-17-19-22/h23-24H,1-21H2. The van der Waals surface area contributed by atoms with Crippen molar-refractivity contribution in [2.75, 3.05) is 13.2 Å². The predicted octanol–water partition coefficient (Wildman–Crippen LogP) is 6.38. The smallest absolute Gasteiger partial charge is 0.0509 e. The minimum atomic E-state index is -0.208. The van der Waals surface area contributed by atoms with Crippen LogP contribution in [0.5, 0.6) is 0 Å². The lowest BCUT2D eigenvalue weighted by Gasteiger charge is -2.30. The van der Waals surface area contributed by atoms with Gasteiger partial charge in [-0.3, -0.25) is 0 Å². The molecule has 0 amide bonds. The van der Waals surface area contributed by atoms with Crippen LogP contribution in [0.15, 0.2) is 0 Å². The fourth-order valence-corrected chi connectivity index (χ4v) is 4.14. The second-order valence-corrected chi connectivity index (χ2v) is 8.33. The van der Waals surface area contributed by atoms with Gasteiger partial charge in [0.15, 0.2) is 0 Å². The van der Waals surface area contributed by atoms with Gasteiger partial charge in [-0.2, -0.15) is 0 Å². The molecule has 0 bridgehead atoms. The molecule has 2 nitrogen and oxygen atoms in total. The van der Waals surface area contributed by atoms with E-state index in [0.29, 0.717) is 0 Å². The number of aliphatic hydroxyl groups excluding tert-OH is 2. The Morgan fingerprint density at radius 3 is 0.792 bits per heavy atom. The molecule has 1 rings (SSSR count). The van der Waals surface area contributed by atoms with Crippen LogP contribution < -0.4 is 0 Å². The van der Waals surface area contributed by atoms with Gasteiger partial charge in [0.05, 0.1) is 13.2 Å². The van der Waals surface area contributed by atoms with Crippen molar-refractivity contribution in [3.8, 4) is 0 Å². The van der Waals surface area contributed by atoms with E-state index in [9.17, 15) is 10.2 Å². The van der Waals surface area contributed by atoms with Crippen molar-refractivity contribution in [3.05, 3.63) is 0 Å². The van der Waals surface area contributed by atoms with Crippen molar-refractivity contribution >= 4 is 0 Å². The van der Waals surface area contributed by atoms with E-state index in [1.165, 1.54) is 109 Å². The quantitative estimate of drug-likeness (QED) is 0.612. The molecular formula is C22H44O2. The predicted molar refractivity (Wildman–Crippen MR) is 104 cm³/mol. The molecule has 1 saturated carbocycles. The van der Waals surface area contributed by atoms with E-state index in [4.69, 9.17) is 0 Å². The molecule has 0 spiro atoms. The van der Waals surface area contributed by atoms with Gasteiger partial charge in [0.25, 0.3) is 0 Å². The molecule has 2 N–H and O–H groups in total. The molecule has 0 radical (unpaired) electrons. The van der Waals surface area contributed by atoms with E-state index in [0.717, 1.165) is 12.8 Å². The lowest BCUT2D eigenvalue weighted by atomic mass is 9.79. The molecule has 2 heteroatoms. The van der Waals surface area contributed by atoms with Gasteiger partial charge in [-0.15, -0.1) is 0 Å². The van der Waals surface area contributed by atoms with Gasteiger partial charge in [-0.05, 0) is 12.8 Å². The first-order chi connectivity index (χ1) is 11.8. The van der Waals surface area contributed by atoms with Gasteiger partial charge < -0.3 is 10.2 Å². The van der Waals surface area contributed by atoms with Crippen molar-refractivity contribution in [1.82, 2.24) is 0 Å². The highest BCUT2D eigenvalue weighted by Crippen LogP contribution is 2.31. The van der Waals surface area contributed by atoms with Gasteiger partial charge in [0, 0.05) is 5.41 Å². The Hall–Kier alpha value is -0.0800. The van der Waals surface area contributed by atoms with Crippen LogP contribution in [-0.4, -0.2) is 23.4 Å². The minimum absolute atomic E-state index is 0.156. The van der Waals surface area contributed by atoms with E-state index in [2.05, 4.69) is 0 Å². The zero-order valence-electron chi connectivity index (χ0n) is 16.2. The summed E-state index contributed by atoms with van der Waals surface area (Å²) in [4.78, 5) is 0. The monoisotopic (exact) mass is 340 g/mol. The van der Waals surface area contributed by atoms with Crippen LogP contribution in [0.25, 0.3) is 0 Å². The van der Waals surface area contributed by atoms with Crippen molar-refractivity contribution in [2.45, 2.75) is 122 Å². The molecule has 1 aliphatic rings. The summed E-state index contributed by atoms with van der Waals surface area (Å²) in [5.41, 5.74) is -0.208. The van der Waals surface area contributed by atoms with E-state index >= 15 is 0 Å². The first kappa shape index (κ1) is 22.0. The Morgan fingerprint density at radius 1 is 0.375 bits per heavy atom. The van der Waals surface area contributed by atoms with E-state index in [-0.39, 0.29) is 18.6 Å². The molecule has 1 fully saturated rings. The molecule has 1 aliphatic carbocycles. The summed E-state index contributed by atoms with van der Waals surface area (Å²) in [5.74, 6) is 0. The fourth-order valence-electron chi connectivity index (χ4n) is 4.14. The summed E-state index contributed by atoms with van der Waals surface area (Å²) >= 11 is 0. The number of rotatable bonds is 2. The molecule has 0 aromatic heterocycles. The molecular weight excluding hydrogens is 296 g/mol. The Balaban J connectivity index is 2.30. The third kappa shape index (κ3) is 10.7. The van der Waals surface area contributed by atoms with Gasteiger partial charge in [0.2, 0.25) is 0 Å². The lowest BCUT2D eigenvalue weighted by molar-refractivity contribution is 0.0353. The number of hydrogen-bond acceptors (Lipinski definition) is 2. The van der Waals surface area contributed by atoms with Crippen molar-refractivity contribution < 1.29 is 10.2 Å². The SMILES string of the molecule is OCC1(CO)CCCCCCCCCCCCCCCCCCC1. The van der Waals surface area contributed by atoms with E-state index in [1.807, 2.05) is 0 Å². The van der Waals surface area contributed by atoms with Crippen LogP contribution >= 0.6 is 0 Å². The average Bonchev–Trinajstić information content (AvgIpc) is 2.61. The van der Waals surface area contributed by atoms with Gasteiger partial charge in [-0.1, -0.05) is 109 Å². The molecule has 0 unspecified atom stereocenters. The van der Waals surface area contributed by atoms with Crippen LogP contribution in [0.4, 0.5) is 0 Å². The highest BCUT2D eigenvalue weighted by molar-refractivity contribution is 4.78. The summed E-state index contributed by atoms with van der Waals surface area (Å²) < 4.78 is 0. The minimum Gasteiger partial charge on any atom is -0.396 e. The highest BCUT2D eigenvalue weighted by Gasteiger charge is 2.27.